The van der Waals surface area contributed by atoms with Crippen LogP contribution in [0.1, 0.15) is 36.0 Å². The van der Waals surface area contributed by atoms with Gasteiger partial charge in [0.25, 0.3) is 0 Å². The highest BCUT2D eigenvalue weighted by molar-refractivity contribution is 6.42. The number of nitrogens with zero attached hydrogens (tertiary/aromatic N) is 1. The summed E-state index contributed by atoms with van der Waals surface area (Å²) in [6, 6.07) is 5.29. The van der Waals surface area contributed by atoms with Gasteiger partial charge in [0.05, 0.1) is 16.6 Å². The largest absolute Gasteiger partial charge is 0.396 e. The quantitative estimate of drug-likeness (QED) is 0.846. The summed E-state index contributed by atoms with van der Waals surface area (Å²) in [4.78, 5) is 14.5. The van der Waals surface area contributed by atoms with Crippen LogP contribution in [-0.4, -0.2) is 41.5 Å². The first-order valence-electron chi connectivity index (χ1n) is 6.95. The van der Waals surface area contributed by atoms with E-state index in [1.165, 1.54) is 6.42 Å². The molecule has 1 aliphatic rings. The lowest BCUT2D eigenvalue weighted by Crippen LogP contribution is -2.43. The van der Waals surface area contributed by atoms with Gasteiger partial charge in [0.2, 0.25) is 0 Å². The topological polar surface area (TPSA) is 40.5 Å². The number of likely N-dealkylation sites (tertiary alicyclic amines) is 1. The predicted molar refractivity (Wildman–Crippen MR) is 81.7 cm³/mol. The Bertz CT molecular complexity index is 477. The Morgan fingerprint density at radius 3 is 2.80 bits per heavy atom. The molecule has 2 rings (SSSR count). The zero-order chi connectivity index (χ0) is 14.5. The maximum atomic E-state index is 12.3. The van der Waals surface area contributed by atoms with Crippen molar-refractivity contribution in [2.24, 2.45) is 0 Å². The summed E-state index contributed by atoms with van der Waals surface area (Å²) in [5, 5.41) is 9.97. The second kappa shape index (κ2) is 7.41. The monoisotopic (exact) mass is 315 g/mol. The summed E-state index contributed by atoms with van der Waals surface area (Å²) < 4.78 is 0. The lowest BCUT2D eigenvalue weighted by atomic mass is 9.98. The molecule has 110 valence electrons. The Balaban J connectivity index is 2.03. The van der Waals surface area contributed by atoms with Crippen molar-refractivity contribution < 1.29 is 9.90 Å². The predicted octanol–water partition coefficient (Wildman–Crippen LogP) is 3.41. The first-order chi connectivity index (χ1) is 9.61. The minimum Gasteiger partial charge on any atom is -0.396 e. The molecule has 5 heteroatoms. The van der Waals surface area contributed by atoms with Crippen molar-refractivity contribution in [3.05, 3.63) is 33.8 Å². The number of hydrogen-bond acceptors (Lipinski definition) is 3. The first-order valence-corrected chi connectivity index (χ1v) is 7.70. The van der Waals surface area contributed by atoms with Crippen molar-refractivity contribution in [3.8, 4) is 0 Å². The van der Waals surface area contributed by atoms with Crippen LogP contribution in [-0.2, 0) is 0 Å². The standard InChI is InChI=1S/C15H19Cl2NO2/c16-13-5-4-11(9-14(13)17)15(20)10-18-7-2-1-3-12(18)6-8-19/h4-5,9,12,19H,1-3,6-8,10H2. The lowest BCUT2D eigenvalue weighted by molar-refractivity contribution is 0.0799. The van der Waals surface area contributed by atoms with E-state index in [1.54, 1.807) is 18.2 Å². The molecule has 1 heterocycles. The van der Waals surface area contributed by atoms with Gasteiger partial charge in [-0.05, 0) is 44.0 Å². The number of carbonyl (C=O) groups is 1. The van der Waals surface area contributed by atoms with Gasteiger partial charge in [0.15, 0.2) is 5.78 Å². The number of benzene rings is 1. The summed E-state index contributed by atoms with van der Waals surface area (Å²) in [6.07, 6.45) is 4.06. The summed E-state index contributed by atoms with van der Waals surface area (Å²) in [5.74, 6) is 0.0495. The molecule has 1 aromatic carbocycles. The molecule has 1 unspecified atom stereocenters. The molecule has 1 aliphatic heterocycles. The Kier molecular flexibility index (Phi) is 5.85. The molecule has 0 aliphatic carbocycles. The fraction of sp³-hybridized carbons (Fsp3) is 0.533. The van der Waals surface area contributed by atoms with Crippen molar-refractivity contribution in [3.63, 3.8) is 0 Å². The average Bonchev–Trinajstić information content (AvgIpc) is 2.44. The Morgan fingerprint density at radius 1 is 1.30 bits per heavy atom. The van der Waals surface area contributed by atoms with Crippen LogP contribution in [0, 0.1) is 0 Å². The van der Waals surface area contributed by atoms with Crippen LogP contribution in [0.5, 0.6) is 0 Å². The number of aliphatic hydroxyl groups is 1. The van der Waals surface area contributed by atoms with E-state index in [2.05, 4.69) is 4.90 Å². The molecule has 0 aromatic heterocycles. The number of Topliss-reactive ketones (excluding diaryl/α,β-unsaturated/α-hetero) is 1. The zero-order valence-corrected chi connectivity index (χ0v) is 12.8. The van der Waals surface area contributed by atoms with Crippen molar-refractivity contribution in [1.82, 2.24) is 4.90 Å². The number of piperidine rings is 1. The molecule has 0 amide bonds. The van der Waals surface area contributed by atoms with Gasteiger partial charge in [0, 0.05) is 18.2 Å². The summed E-state index contributed by atoms with van der Waals surface area (Å²) >= 11 is 11.8. The van der Waals surface area contributed by atoms with Gasteiger partial charge in [-0.3, -0.25) is 9.69 Å². The Hall–Kier alpha value is -0.610. The van der Waals surface area contributed by atoms with Crippen molar-refractivity contribution in [2.45, 2.75) is 31.7 Å². The lowest BCUT2D eigenvalue weighted by Gasteiger charge is -2.34. The van der Waals surface area contributed by atoms with E-state index in [-0.39, 0.29) is 12.4 Å². The number of carbonyl (C=O) groups excluding carboxylic acids is 1. The van der Waals surface area contributed by atoms with Crippen LogP contribution in [0.2, 0.25) is 10.0 Å². The van der Waals surface area contributed by atoms with Crippen LogP contribution in [0.15, 0.2) is 18.2 Å². The highest BCUT2D eigenvalue weighted by Crippen LogP contribution is 2.24. The molecule has 0 bridgehead atoms. The van der Waals surface area contributed by atoms with E-state index < -0.39 is 0 Å². The van der Waals surface area contributed by atoms with E-state index in [0.717, 1.165) is 25.8 Å². The third kappa shape index (κ3) is 3.95. The zero-order valence-electron chi connectivity index (χ0n) is 11.3. The maximum absolute atomic E-state index is 12.3. The van der Waals surface area contributed by atoms with Gasteiger partial charge in [0.1, 0.15) is 0 Å². The molecule has 1 saturated heterocycles. The van der Waals surface area contributed by atoms with E-state index in [9.17, 15) is 4.79 Å². The number of ketones is 1. The summed E-state index contributed by atoms with van der Waals surface area (Å²) in [7, 11) is 0. The van der Waals surface area contributed by atoms with Crippen molar-refractivity contribution >= 4 is 29.0 Å². The second-order valence-electron chi connectivity index (χ2n) is 5.18. The van der Waals surface area contributed by atoms with Gasteiger partial charge >= 0.3 is 0 Å². The molecular weight excluding hydrogens is 297 g/mol. The van der Waals surface area contributed by atoms with Gasteiger partial charge in [-0.1, -0.05) is 29.6 Å². The highest BCUT2D eigenvalue weighted by Gasteiger charge is 2.24. The number of halogens is 2. The van der Waals surface area contributed by atoms with Crippen LogP contribution < -0.4 is 0 Å². The number of hydrogen-bond donors (Lipinski definition) is 1. The SMILES string of the molecule is O=C(CN1CCCCC1CCO)c1ccc(Cl)c(Cl)c1. The second-order valence-corrected chi connectivity index (χ2v) is 6.00. The molecule has 3 nitrogen and oxygen atoms in total. The van der Waals surface area contributed by atoms with Crippen LogP contribution in [0.3, 0.4) is 0 Å². The maximum Gasteiger partial charge on any atom is 0.176 e. The van der Waals surface area contributed by atoms with Gasteiger partial charge < -0.3 is 5.11 Å². The molecule has 0 saturated carbocycles. The van der Waals surface area contributed by atoms with Gasteiger partial charge in [-0.25, -0.2) is 0 Å². The fourth-order valence-electron chi connectivity index (χ4n) is 2.69. The van der Waals surface area contributed by atoms with Crippen molar-refractivity contribution in [1.29, 1.82) is 0 Å². The van der Waals surface area contributed by atoms with Gasteiger partial charge in [-0.2, -0.15) is 0 Å². The van der Waals surface area contributed by atoms with Crippen LogP contribution in [0.4, 0.5) is 0 Å². The third-order valence-electron chi connectivity index (χ3n) is 3.80. The molecule has 20 heavy (non-hydrogen) atoms. The number of rotatable bonds is 5. The fourth-order valence-corrected chi connectivity index (χ4v) is 2.99. The third-order valence-corrected chi connectivity index (χ3v) is 4.54. The minimum absolute atomic E-state index is 0.0495. The Labute approximate surface area is 129 Å². The van der Waals surface area contributed by atoms with E-state index in [4.69, 9.17) is 28.3 Å². The molecule has 1 fully saturated rings. The van der Waals surface area contributed by atoms with E-state index in [1.807, 2.05) is 0 Å². The van der Waals surface area contributed by atoms with E-state index >= 15 is 0 Å². The normalized spacial score (nSPS) is 20.1. The van der Waals surface area contributed by atoms with Crippen molar-refractivity contribution in [2.75, 3.05) is 19.7 Å². The minimum atomic E-state index is 0.0495. The molecule has 0 spiro atoms. The molecule has 1 N–H and O–H groups in total. The van der Waals surface area contributed by atoms with Crippen LogP contribution in [0.25, 0.3) is 0 Å². The average molecular weight is 316 g/mol. The van der Waals surface area contributed by atoms with E-state index in [0.29, 0.717) is 28.2 Å². The Morgan fingerprint density at radius 2 is 2.10 bits per heavy atom. The summed E-state index contributed by atoms with van der Waals surface area (Å²) in [5.41, 5.74) is 0.590. The molecular formula is C15H19Cl2NO2. The van der Waals surface area contributed by atoms with Gasteiger partial charge in [-0.15, -0.1) is 0 Å². The molecule has 1 aromatic rings. The molecule has 1 atom stereocenters. The highest BCUT2D eigenvalue weighted by atomic mass is 35.5. The molecule has 0 radical (unpaired) electrons. The van der Waals surface area contributed by atoms with Crippen LogP contribution >= 0.6 is 23.2 Å². The smallest absolute Gasteiger partial charge is 0.176 e. The summed E-state index contributed by atoms with van der Waals surface area (Å²) in [6.45, 7) is 1.46. The first kappa shape index (κ1) is 15.8. The number of aliphatic hydroxyl groups excluding tert-OH is 1.